The lowest BCUT2D eigenvalue weighted by atomic mass is 10.1. The van der Waals surface area contributed by atoms with Gasteiger partial charge in [0.2, 0.25) is 0 Å². The summed E-state index contributed by atoms with van der Waals surface area (Å²) in [4.78, 5) is 19.9. The molecule has 0 atom stereocenters. The molecule has 0 bridgehead atoms. The SMILES string of the molecule is CCCC(=O)c1ccc2nc(Cc3ccccc3)[nH]c2c1. The van der Waals surface area contributed by atoms with Gasteiger partial charge in [0.1, 0.15) is 5.82 Å². The van der Waals surface area contributed by atoms with Crippen molar-refractivity contribution in [3.05, 3.63) is 65.5 Å². The number of aromatic amines is 1. The van der Waals surface area contributed by atoms with E-state index in [1.54, 1.807) is 0 Å². The van der Waals surface area contributed by atoms with Crippen LogP contribution in [0.15, 0.2) is 48.5 Å². The van der Waals surface area contributed by atoms with Gasteiger partial charge in [-0.05, 0) is 30.2 Å². The molecule has 3 heteroatoms. The number of aromatic nitrogens is 2. The number of nitrogens with zero attached hydrogens (tertiary/aromatic N) is 1. The van der Waals surface area contributed by atoms with Crippen LogP contribution in [0.2, 0.25) is 0 Å². The van der Waals surface area contributed by atoms with Crippen LogP contribution in [0.4, 0.5) is 0 Å². The summed E-state index contributed by atoms with van der Waals surface area (Å²) in [5, 5.41) is 0. The predicted octanol–water partition coefficient (Wildman–Crippen LogP) is 4.14. The second-order valence-electron chi connectivity index (χ2n) is 5.25. The number of fused-ring (bicyclic) bond motifs is 1. The predicted molar refractivity (Wildman–Crippen MR) is 84.6 cm³/mol. The maximum atomic E-state index is 12.0. The number of ketones is 1. The lowest BCUT2D eigenvalue weighted by Gasteiger charge is -1.98. The lowest BCUT2D eigenvalue weighted by Crippen LogP contribution is -1.97. The zero-order valence-electron chi connectivity index (χ0n) is 12.1. The van der Waals surface area contributed by atoms with E-state index in [0.717, 1.165) is 35.3 Å². The summed E-state index contributed by atoms with van der Waals surface area (Å²) in [5.74, 6) is 1.12. The number of carbonyl (C=O) groups excluding carboxylic acids is 1. The topological polar surface area (TPSA) is 45.8 Å². The van der Waals surface area contributed by atoms with E-state index in [9.17, 15) is 4.79 Å². The molecule has 2 aromatic carbocycles. The molecule has 106 valence electrons. The number of nitrogens with one attached hydrogen (secondary N) is 1. The molecule has 0 aliphatic heterocycles. The van der Waals surface area contributed by atoms with Gasteiger partial charge in [-0.15, -0.1) is 0 Å². The Kier molecular flexibility index (Phi) is 3.82. The molecule has 21 heavy (non-hydrogen) atoms. The molecule has 0 saturated carbocycles. The quantitative estimate of drug-likeness (QED) is 0.713. The molecule has 0 spiro atoms. The molecule has 1 N–H and O–H groups in total. The number of imidazole rings is 1. The molecule has 0 unspecified atom stereocenters. The maximum absolute atomic E-state index is 12.0. The number of Topliss-reactive ketones (excluding diaryl/α,β-unsaturated/α-hetero) is 1. The van der Waals surface area contributed by atoms with E-state index in [-0.39, 0.29) is 5.78 Å². The fourth-order valence-corrected chi connectivity index (χ4v) is 2.48. The number of hydrogen-bond acceptors (Lipinski definition) is 2. The van der Waals surface area contributed by atoms with Crippen molar-refractivity contribution in [1.29, 1.82) is 0 Å². The Balaban J connectivity index is 1.88. The summed E-state index contributed by atoms with van der Waals surface area (Å²) in [6.45, 7) is 2.02. The minimum Gasteiger partial charge on any atom is -0.342 e. The van der Waals surface area contributed by atoms with E-state index in [1.807, 2.05) is 43.3 Å². The van der Waals surface area contributed by atoms with Crippen LogP contribution in [0, 0.1) is 0 Å². The van der Waals surface area contributed by atoms with Crippen molar-refractivity contribution >= 4 is 16.8 Å². The van der Waals surface area contributed by atoms with E-state index in [0.29, 0.717) is 6.42 Å². The van der Waals surface area contributed by atoms with Gasteiger partial charge in [-0.2, -0.15) is 0 Å². The Bertz CT molecular complexity index is 759. The molecular formula is C18H18N2O. The van der Waals surface area contributed by atoms with Crippen LogP contribution in [0.5, 0.6) is 0 Å². The van der Waals surface area contributed by atoms with Gasteiger partial charge in [-0.25, -0.2) is 4.98 Å². The standard InChI is InChI=1S/C18H18N2O/c1-2-6-17(21)14-9-10-15-16(12-14)20-18(19-15)11-13-7-4-3-5-8-13/h3-5,7-10,12H,2,6,11H2,1H3,(H,19,20). The monoisotopic (exact) mass is 278 g/mol. The highest BCUT2D eigenvalue weighted by Gasteiger charge is 2.08. The van der Waals surface area contributed by atoms with Crippen LogP contribution in [-0.2, 0) is 6.42 Å². The summed E-state index contributed by atoms with van der Waals surface area (Å²) < 4.78 is 0. The number of carbonyl (C=O) groups is 1. The van der Waals surface area contributed by atoms with Crippen LogP contribution in [0.25, 0.3) is 11.0 Å². The van der Waals surface area contributed by atoms with Crippen LogP contribution >= 0.6 is 0 Å². The highest BCUT2D eigenvalue weighted by molar-refractivity contribution is 5.98. The van der Waals surface area contributed by atoms with Crippen LogP contribution < -0.4 is 0 Å². The highest BCUT2D eigenvalue weighted by atomic mass is 16.1. The average Bonchev–Trinajstić information content (AvgIpc) is 2.89. The molecule has 3 aromatic rings. The molecule has 0 fully saturated rings. The fourth-order valence-electron chi connectivity index (χ4n) is 2.48. The summed E-state index contributed by atoms with van der Waals surface area (Å²) in [6, 6.07) is 15.9. The van der Waals surface area contributed by atoms with Gasteiger partial charge in [0.25, 0.3) is 0 Å². The van der Waals surface area contributed by atoms with Gasteiger partial charge < -0.3 is 4.98 Å². The van der Waals surface area contributed by atoms with Crippen LogP contribution in [0.1, 0.15) is 41.5 Å². The van der Waals surface area contributed by atoms with Crippen molar-refractivity contribution in [2.24, 2.45) is 0 Å². The van der Waals surface area contributed by atoms with Gasteiger partial charge in [0, 0.05) is 18.4 Å². The van der Waals surface area contributed by atoms with Gasteiger partial charge in [-0.3, -0.25) is 4.79 Å². The molecule has 3 nitrogen and oxygen atoms in total. The highest BCUT2D eigenvalue weighted by Crippen LogP contribution is 2.17. The van der Waals surface area contributed by atoms with Gasteiger partial charge in [0.05, 0.1) is 11.0 Å². The number of H-pyrrole nitrogens is 1. The van der Waals surface area contributed by atoms with E-state index in [1.165, 1.54) is 5.56 Å². The third kappa shape index (κ3) is 3.02. The first-order valence-corrected chi connectivity index (χ1v) is 7.32. The summed E-state index contributed by atoms with van der Waals surface area (Å²) in [7, 11) is 0. The van der Waals surface area contributed by atoms with Crippen LogP contribution in [-0.4, -0.2) is 15.8 Å². The number of hydrogen-bond donors (Lipinski definition) is 1. The minimum atomic E-state index is 0.193. The number of rotatable bonds is 5. The van der Waals surface area contributed by atoms with Gasteiger partial charge in [-0.1, -0.05) is 37.3 Å². The summed E-state index contributed by atoms with van der Waals surface area (Å²) in [6.07, 6.45) is 2.24. The van der Waals surface area contributed by atoms with Crippen molar-refractivity contribution in [1.82, 2.24) is 9.97 Å². The molecular weight excluding hydrogens is 260 g/mol. The second-order valence-corrected chi connectivity index (χ2v) is 5.25. The second kappa shape index (κ2) is 5.92. The van der Waals surface area contributed by atoms with Gasteiger partial charge >= 0.3 is 0 Å². The molecule has 1 aromatic heterocycles. The van der Waals surface area contributed by atoms with Crippen molar-refractivity contribution in [3.63, 3.8) is 0 Å². The summed E-state index contributed by atoms with van der Waals surface area (Å²) >= 11 is 0. The molecule has 0 aliphatic carbocycles. The first-order valence-electron chi connectivity index (χ1n) is 7.32. The first-order chi connectivity index (χ1) is 10.3. The third-order valence-corrected chi connectivity index (χ3v) is 3.54. The zero-order chi connectivity index (χ0) is 14.7. The largest absolute Gasteiger partial charge is 0.342 e. The van der Waals surface area contributed by atoms with E-state index in [4.69, 9.17) is 0 Å². The average molecular weight is 278 g/mol. The molecule has 0 aliphatic rings. The van der Waals surface area contributed by atoms with E-state index >= 15 is 0 Å². The van der Waals surface area contributed by atoms with Crippen LogP contribution in [0.3, 0.4) is 0 Å². The summed E-state index contributed by atoms with van der Waals surface area (Å²) in [5.41, 5.74) is 3.83. The van der Waals surface area contributed by atoms with Crippen molar-refractivity contribution in [2.45, 2.75) is 26.2 Å². The molecule has 1 heterocycles. The van der Waals surface area contributed by atoms with E-state index in [2.05, 4.69) is 22.1 Å². The molecule has 0 saturated heterocycles. The van der Waals surface area contributed by atoms with E-state index < -0.39 is 0 Å². The maximum Gasteiger partial charge on any atom is 0.162 e. The van der Waals surface area contributed by atoms with Gasteiger partial charge in [0.15, 0.2) is 5.78 Å². The third-order valence-electron chi connectivity index (χ3n) is 3.54. The first kappa shape index (κ1) is 13.6. The van der Waals surface area contributed by atoms with Crippen molar-refractivity contribution in [3.8, 4) is 0 Å². The van der Waals surface area contributed by atoms with Crippen molar-refractivity contribution in [2.75, 3.05) is 0 Å². The Hall–Kier alpha value is -2.42. The zero-order valence-corrected chi connectivity index (χ0v) is 12.1. The Morgan fingerprint density at radius 2 is 1.95 bits per heavy atom. The molecule has 0 radical (unpaired) electrons. The minimum absolute atomic E-state index is 0.193. The smallest absolute Gasteiger partial charge is 0.162 e. The molecule has 0 amide bonds. The molecule has 3 rings (SSSR count). The number of benzene rings is 2. The van der Waals surface area contributed by atoms with Crippen molar-refractivity contribution < 1.29 is 4.79 Å². The normalized spacial score (nSPS) is 10.9. The lowest BCUT2D eigenvalue weighted by molar-refractivity contribution is 0.0982. The Morgan fingerprint density at radius 1 is 1.14 bits per heavy atom. The Morgan fingerprint density at radius 3 is 2.71 bits per heavy atom. The Labute approximate surface area is 124 Å². The fraction of sp³-hybridized carbons (Fsp3) is 0.222.